The lowest BCUT2D eigenvalue weighted by Gasteiger charge is -2.20. The van der Waals surface area contributed by atoms with Crippen LogP contribution in [0.2, 0.25) is 0 Å². The SMILES string of the molecule is COC(=O)[C@H](C)Sc1nnc(N2CCCC2)n1C[C@H]1CCCO1. The predicted octanol–water partition coefficient (Wildman–Crippen LogP) is 1.71. The first-order valence-electron chi connectivity index (χ1n) is 8.23. The number of thioether (sulfide) groups is 1. The van der Waals surface area contributed by atoms with Crippen LogP contribution in [0.15, 0.2) is 5.16 Å². The molecule has 2 fully saturated rings. The Morgan fingerprint density at radius 2 is 2.17 bits per heavy atom. The highest BCUT2D eigenvalue weighted by atomic mass is 32.2. The maximum Gasteiger partial charge on any atom is 0.318 e. The van der Waals surface area contributed by atoms with Crippen molar-refractivity contribution in [2.45, 2.75) is 55.7 Å². The third-order valence-electron chi connectivity index (χ3n) is 4.31. The number of ether oxygens (including phenoxy) is 2. The number of carbonyl (C=O) groups is 1. The quantitative estimate of drug-likeness (QED) is 0.577. The third kappa shape index (κ3) is 3.80. The normalized spacial score (nSPS) is 22.5. The van der Waals surface area contributed by atoms with Crippen molar-refractivity contribution in [2.75, 3.05) is 31.7 Å². The van der Waals surface area contributed by atoms with Crippen molar-refractivity contribution in [3.63, 3.8) is 0 Å². The Kier molecular flexibility index (Phi) is 5.42. The lowest BCUT2D eigenvalue weighted by molar-refractivity contribution is -0.139. The number of anilines is 1. The van der Waals surface area contributed by atoms with Gasteiger partial charge in [-0.25, -0.2) is 0 Å². The van der Waals surface area contributed by atoms with E-state index in [4.69, 9.17) is 9.47 Å². The fourth-order valence-electron chi connectivity index (χ4n) is 3.04. The van der Waals surface area contributed by atoms with Crippen LogP contribution < -0.4 is 4.90 Å². The van der Waals surface area contributed by atoms with Crippen LogP contribution in [0.3, 0.4) is 0 Å². The molecule has 0 saturated carbocycles. The average molecular weight is 340 g/mol. The van der Waals surface area contributed by atoms with E-state index in [0.29, 0.717) is 0 Å². The smallest absolute Gasteiger partial charge is 0.318 e. The number of hydrogen-bond acceptors (Lipinski definition) is 7. The maximum atomic E-state index is 11.7. The van der Waals surface area contributed by atoms with Gasteiger partial charge >= 0.3 is 5.97 Å². The molecule has 1 aromatic heterocycles. The van der Waals surface area contributed by atoms with E-state index in [1.807, 2.05) is 6.92 Å². The highest BCUT2D eigenvalue weighted by Gasteiger charge is 2.27. The van der Waals surface area contributed by atoms with E-state index in [2.05, 4.69) is 19.7 Å². The number of nitrogens with zero attached hydrogens (tertiary/aromatic N) is 4. The minimum atomic E-state index is -0.307. The Hall–Kier alpha value is -1.28. The summed E-state index contributed by atoms with van der Waals surface area (Å²) in [4.78, 5) is 14.0. The molecule has 0 radical (unpaired) electrons. The van der Waals surface area contributed by atoms with Crippen molar-refractivity contribution in [1.29, 1.82) is 0 Å². The van der Waals surface area contributed by atoms with E-state index in [-0.39, 0.29) is 17.3 Å². The lowest BCUT2D eigenvalue weighted by atomic mass is 10.2. The molecule has 0 unspecified atom stereocenters. The monoisotopic (exact) mass is 340 g/mol. The second kappa shape index (κ2) is 7.53. The number of hydrogen-bond donors (Lipinski definition) is 0. The molecule has 0 amide bonds. The fourth-order valence-corrected chi connectivity index (χ4v) is 3.92. The minimum Gasteiger partial charge on any atom is -0.468 e. The molecule has 0 aromatic carbocycles. The number of rotatable bonds is 6. The van der Waals surface area contributed by atoms with Crippen molar-refractivity contribution in [3.05, 3.63) is 0 Å². The topological polar surface area (TPSA) is 69.5 Å². The van der Waals surface area contributed by atoms with E-state index < -0.39 is 0 Å². The summed E-state index contributed by atoms with van der Waals surface area (Å²) >= 11 is 1.40. The van der Waals surface area contributed by atoms with Crippen molar-refractivity contribution >= 4 is 23.7 Å². The Morgan fingerprint density at radius 1 is 1.39 bits per heavy atom. The lowest BCUT2D eigenvalue weighted by Crippen LogP contribution is -2.25. The number of methoxy groups -OCH3 is 1. The largest absolute Gasteiger partial charge is 0.468 e. The molecule has 3 rings (SSSR count). The van der Waals surface area contributed by atoms with E-state index in [9.17, 15) is 4.79 Å². The zero-order chi connectivity index (χ0) is 16.2. The van der Waals surface area contributed by atoms with Gasteiger partial charge in [0.25, 0.3) is 0 Å². The van der Waals surface area contributed by atoms with E-state index in [0.717, 1.165) is 50.2 Å². The van der Waals surface area contributed by atoms with Gasteiger partial charge in [-0.3, -0.25) is 9.36 Å². The van der Waals surface area contributed by atoms with Crippen molar-refractivity contribution in [1.82, 2.24) is 14.8 Å². The molecule has 2 aliphatic heterocycles. The number of aromatic nitrogens is 3. The molecular weight excluding hydrogens is 316 g/mol. The van der Waals surface area contributed by atoms with Crippen LogP contribution in [-0.4, -0.2) is 58.9 Å². The second-order valence-electron chi connectivity index (χ2n) is 6.01. The standard InChI is InChI=1S/C15H24N4O3S/c1-11(13(20)21-2)23-15-17-16-14(18-7-3-4-8-18)19(15)10-12-6-5-9-22-12/h11-12H,3-10H2,1-2H3/t11-,12+/m0/s1. The first kappa shape index (κ1) is 16.6. The van der Waals surface area contributed by atoms with Crippen LogP contribution in [0.1, 0.15) is 32.6 Å². The van der Waals surface area contributed by atoms with Gasteiger partial charge in [0.1, 0.15) is 5.25 Å². The minimum absolute atomic E-state index is 0.208. The molecule has 1 aromatic rings. The summed E-state index contributed by atoms with van der Waals surface area (Å²) in [5, 5.41) is 9.18. The summed E-state index contributed by atoms with van der Waals surface area (Å²) in [6.07, 6.45) is 4.75. The molecule has 0 aliphatic carbocycles. The molecule has 2 saturated heterocycles. The van der Waals surface area contributed by atoms with Crippen LogP contribution >= 0.6 is 11.8 Å². The first-order chi connectivity index (χ1) is 11.2. The predicted molar refractivity (Wildman–Crippen MR) is 87.8 cm³/mol. The van der Waals surface area contributed by atoms with E-state index in [1.54, 1.807) is 0 Å². The van der Waals surface area contributed by atoms with Crippen LogP contribution in [-0.2, 0) is 20.8 Å². The molecule has 0 spiro atoms. The number of carbonyl (C=O) groups excluding carboxylic acids is 1. The third-order valence-corrected chi connectivity index (χ3v) is 5.37. The Balaban J connectivity index is 1.80. The maximum absolute atomic E-state index is 11.7. The van der Waals surface area contributed by atoms with Gasteiger partial charge < -0.3 is 14.4 Å². The van der Waals surface area contributed by atoms with Crippen LogP contribution in [0.25, 0.3) is 0 Å². The molecular formula is C15H24N4O3S. The average Bonchev–Trinajstić information content (AvgIpc) is 3.29. The molecule has 8 heteroatoms. The van der Waals surface area contributed by atoms with Crippen LogP contribution in [0.5, 0.6) is 0 Å². The van der Waals surface area contributed by atoms with Gasteiger partial charge in [0.15, 0.2) is 5.16 Å². The molecule has 23 heavy (non-hydrogen) atoms. The zero-order valence-corrected chi connectivity index (χ0v) is 14.5. The van der Waals surface area contributed by atoms with Gasteiger partial charge in [-0.05, 0) is 32.6 Å². The van der Waals surface area contributed by atoms with Gasteiger partial charge in [0, 0.05) is 19.7 Å². The van der Waals surface area contributed by atoms with Gasteiger partial charge in [-0.15, -0.1) is 10.2 Å². The number of esters is 1. The molecule has 128 valence electrons. The highest BCUT2D eigenvalue weighted by Crippen LogP contribution is 2.29. The van der Waals surface area contributed by atoms with Crippen LogP contribution in [0, 0.1) is 0 Å². The Morgan fingerprint density at radius 3 is 2.83 bits per heavy atom. The van der Waals surface area contributed by atoms with Gasteiger partial charge in [0.2, 0.25) is 5.95 Å². The molecule has 0 bridgehead atoms. The van der Waals surface area contributed by atoms with E-state index in [1.165, 1.54) is 31.7 Å². The van der Waals surface area contributed by atoms with Gasteiger partial charge in [0.05, 0.1) is 19.8 Å². The van der Waals surface area contributed by atoms with Crippen LogP contribution in [0.4, 0.5) is 5.95 Å². The molecule has 7 nitrogen and oxygen atoms in total. The summed E-state index contributed by atoms with van der Waals surface area (Å²) in [5.74, 6) is 0.655. The fraction of sp³-hybridized carbons (Fsp3) is 0.800. The second-order valence-corrected chi connectivity index (χ2v) is 7.31. The van der Waals surface area contributed by atoms with E-state index >= 15 is 0 Å². The molecule has 0 N–H and O–H groups in total. The van der Waals surface area contributed by atoms with Gasteiger partial charge in [-0.2, -0.15) is 0 Å². The summed E-state index contributed by atoms with van der Waals surface area (Å²) in [5.41, 5.74) is 0. The summed E-state index contributed by atoms with van der Waals surface area (Å²) in [6, 6.07) is 0. The zero-order valence-electron chi connectivity index (χ0n) is 13.7. The summed E-state index contributed by atoms with van der Waals surface area (Å²) in [6.45, 7) is 5.43. The molecule has 2 aliphatic rings. The van der Waals surface area contributed by atoms with Gasteiger partial charge in [-0.1, -0.05) is 11.8 Å². The molecule has 2 atom stereocenters. The Labute approximate surface area is 140 Å². The Bertz CT molecular complexity index is 539. The summed E-state index contributed by atoms with van der Waals surface area (Å²) in [7, 11) is 1.41. The highest BCUT2D eigenvalue weighted by molar-refractivity contribution is 8.00. The van der Waals surface area contributed by atoms with Crippen molar-refractivity contribution < 1.29 is 14.3 Å². The van der Waals surface area contributed by atoms with Crippen molar-refractivity contribution in [3.8, 4) is 0 Å². The summed E-state index contributed by atoms with van der Waals surface area (Å²) < 4.78 is 12.7. The molecule has 3 heterocycles. The van der Waals surface area contributed by atoms with Crippen molar-refractivity contribution in [2.24, 2.45) is 0 Å². The first-order valence-corrected chi connectivity index (χ1v) is 9.11.